The second-order valence-electron chi connectivity index (χ2n) is 4.54. The molecule has 1 aromatic rings. The van der Waals surface area contributed by atoms with Crippen molar-refractivity contribution in [2.75, 3.05) is 12.4 Å². The zero-order valence-electron chi connectivity index (χ0n) is 10.8. The molecule has 2 atom stereocenters. The van der Waals surface area contributed by atoms with Crippen LogP contribution in [0.15, 0.2) is 22.8 Å². The van der Waals surface area contributed by atoms with Crippen molar-refractivity contribution in [3.05, 3.63) is 24.2 Å². The zero-order valence-corrected chi connectivity index (χ0v) is 11.6. The van der Waals surface area contributed by atoms with Gasteiger partial charge in [0, 0.05) is 0 Å². The average Bonchev–Trinajstić information content (AvgIpc) is 2.78. The Morgan fingerprint density at radius 2 is 2.22 bits per heavy atom. The Morgan fingerprint density at radius 1 is 1.50 bits per heavy atom. The summed E-state index contributed by atoms with van der Waals surface area (Å²) < 4.78 is 31.4. The number of aliphatic hydroxyl groups is 1. The minimum absolute atomic E-state index is 0.0675. The summed E-state index contributed by atoms with van der Waals surface area (Å²) in [5.41, 5.74) is 0. The van der Waals surface area contributed by atoms with E-state index in [1.807, 2.05) is 13.8 Å². The molecule has 1 rings (SSSR count). The van der Waals surface area contributed by atoms with Crippen LogP contribution in [0.2, 0.25) is 0 Å². The van der Waals surface area contributed by atoms with E-state index >= 15 is 0 Å². The predicted octanol–water partition coefficient (Wildman–Crippen LogP) is 1.67. The van der Waals surface area contributed by atoms with Crippen molar-refractivity contribution in [1.82, 2.24) is 4.72 Å². The molecule has 0 amide bonds. The summed E-state index contributed by atoms with van der Waals surface area (Å²) in [7, 11) is -3.41. The molecule has 0 radical (unpaired) electrons. The molecule has 0 saturated carbocycles. The van der Waals surface area contributed by atoms with E-state index in [-0.39, 0.29) is 18.3 Å². The van der Waals surface area contributed by atoms with Crippen LogP contribution < -0.4 is 4.72 Å². The SMILES string of the molecule is CCCC(C)CS(=O)(=O)NC(CO)c1ccco1. The smallest absolute Gasteiger partial charge is 0.212 e. The third kappa shape index (κ3) is 4.80. The highest BCUT2D eigenvalue weighted by molar-refractivity contribution is 7.89. The Bertz CT molecular complexity index is 427. The van der Waals surface area contributed by atoms with Gasteiger partial charge < -0.3 is 9.52 Å². The van der Waals surface area contributed by atoms with Crippen molar-refractivity contribution < 1.29 is 17.9 Å². The van der Waals surface area contributed by atoms with Gasteiger partial charge >= 0.3 is 0 Å². The largest absolute Gasteiger partial charge is 0.468 e. The van der Waals surface area contributed by atoms with Gasteiger partial charge in [0.15, 0.2) is 0 Å². The molecule has 6 heteroatoms. The number of hydrogen-bond acceptors (Lipinski definition) is 4. The Hall–Kier alpha value is -0.850. The maximum Gasteiger partial charge on any atom is 0.212 e. The molecule has 1 aromatic heterocycles. The molecule has 104 valence electrons. The van der Waals surface area contributed by atoms with E-state index in [2.05, 4.69) is 4.72 Å². The monoisotopic (exact) mass is 275 g/mol. The van der Waals surface area contributed by atoms with Crippen LogP contribution in [0.3, 0.4) is 0 Å². The van der Waals surface area contributed by atoms with Gasteiger partial charge in [-0.2, -0.15) is 0 Å². The first-order valence-corrected chi connectivity index (χ1v) is 7.78. The third-order valence-electron chi connectivity index (χ3n) is 2.68. The summed E-state index contributed by atoms with van der Waals surface area (Å²) in [5.74, 6) is 0.588. The Labute approximate surface area is 108 Å². The molecule has 0 spiro atoms. The van der Waals surface area contributed by atoms with Crippen LogP contribution in [0.5, 0.6) is 0 Å². The lowest BCUT2D eigenvalue weighted by Gasteiger charge is -2.16. The van der Waals surface area contributed by atoms with Crippen LogP contribution in [0.1, 0.15) is 38.5 Å². The molecule has 0 aliphatic heterocycles. The Morgan fingerprint density at radius 3 is 2.72 bits per heavy atom. The van der Waals surface area contributed by atoms with Crippen molar-refractivity contribution >= 4 is 10.0 Å². The number of nitrogens with one attached hydrogen (secondary N) is 1. The van der Waals surface area contributed by atoms with Gasteiger partial charge in [0.05, 0.1) is 18.6 Å². The normalized spacial score (nSPS) is 15.5. The fourth-order valence-corrected chi connectivity index (χ4v) is 3.53. The molecule has 18 heavy (non-hydrogen) atoms. The molecule has 2 unspecified atom stereocenters. The fraction of sp³-hybridized carbons (Fsp3) is 0.667. The van der Waals surface area contributed by atoms with Crippen LogP contribution in [0, 0.1) is 5.92 Å². The van der Waals surface area contributed by atoms with Gasteiger partial charge in [0.1, 0.15) is 11.8 Å². The van der Waals surface area contributed by atoms with Gasteiger partial charge in [-0.1, -0.05) is 20.3 Å². The first kappa shape index (κ1) is 15.2. The lowest BCUT2D eigenvalue weighted by atomic mass is 10.1. The number of hydrogen-bond donors (Lipinski definition) is 2. The van der Waals surface area contributed by atoms with Gasteiger partial charge in [-0.05, 0) is 24.5 Å². The highest BCUT2D eigenvalue weighted by Gasteiger charge is 2.22. The van der Waals surface area contributed by atoms with Crippen LogP contribution in [-0.4, -0.2) is 25.9 Å². The maximum absolute atomic E-state index is 11.9. The lowest BCUT2D eigenvalue weighted by Crippen LogP contribution is -2.34. The van der Waals surface area contributed by atoms with Crippen LogP contribution in [0.25, 0.3) is 0 Å². The Balaban J connectivity index is 2.63. The van der Waals surface area contributed by atoms with Gasteiger partial charge in [-0.3, -0.25) is 0 Å². The lowest BCUT2D eigenvalue weighted by molar-refractivity contribution is 0.241. The molecule has 0 fully saturated rings. The summed E-state index contributed by atoms with van der Waals surface area (Å²) in [5, 5.41) is 9.21. The van der Waals surface area contributed by atoms with Crippen molar-refractivity contribution in [2.24, 2.45) is 5.92 Å². The first-order chi connectivity index (χ1) is 8.48. The number of sulfonamides is 1. The number of rotatable bonds is 8. The minimum Gasteiger partial charge on any atom is -0.468 e. The van der Waals surface area contributed by atoms with Gasteiger partial charge in [0.2, 0.25) is 10.0 Å². The van der Waals surface area contributed by atoms with E-state index in [1.165, 1.54) is 6.26 Å². The summed E-state index contributed by atoms with van der Waals surface area (Å²) in [6.07, 6.45) is 3.27. The fourth-order valence-electron chi connectivity index (χ4n) is 1.89. The maximum atomic E-state index is 11.9. The van der Waals surface area contributed by atoms with Crippen LogP contribution in [-0.2, 0) is 10.0 Å². The second kappa shape index (κ2) is 6.92. The zero-order chi connectivity index (χ0) is 13.6. The van der Waals surface area contributed by atoms with E-state index in [4.69, 9.17) is 4.42 Å². The molecule has 0 aliphatic carbocycles. The quantitative estimate of drug-likeness (QED) is 0.756. The summed E-state index contributed by atoms with van der Waals surface area (Å²) >= 11 is 0. The average molecular weight is 275 g/mol. The topological polar surface area (TPSA) is 79.5 Å². The van der Waals surface area contributed by atoms with Crippen molar-refractivity contribution in [2.45, 2.75) is 32.7 Å². The number of furan rings is 1. The molecule has 5 nitrogen and oxygen atoms in total. The predicted molar refractivity (Wildman–Crippen MR) is 69.5 cm³/mol. The van der Waals surface area contributed by atoms with Crippen LogP contribution in [0.4, 0.5) is 0 Å². The molecular weight excluding hydrogens is 254 g/mol. The van der Waals surface area contributed by atoms with E-state index in [9.17, 15) is 13.5 Å². The van der Waals surface area contributed by atoms with E-state index < -0.39 is 16.1 Å². The van der Waals surface area contributed by atoms with Crippen molar-refractivity contribution in [3.8, 4) is 0 Å². The van der Waals surface area contributed by atoms with E-state index in [0.29, 0.717) is 5.76 Å². The van der Waals surface area contributed by atoms with E-state index in [0.717, 1.165) is 12.8 Å². The highest BCUT2D eigenvalue weighted by atomic mass is 32.2. The summed E-state index contributed by atoms with van der Waals surface area (Å²) in [4.78, 5) is 0. The minimum atomic E-state index is -3.41. The van der Waals surface area contributed by atoms with Crippen LogP contribution >= 0.6 is 0 Å². The molecule has 0 aliphatic rings. The van der Waals surface area contributed by atoms with Crippen molar-refractivity contribution in [3.63, 3.8) is 0 Å². The van der Waals surface area contributed by atoms with E-state index in [1.54, 1.807) is 12.1 Å². The standard InChI is InChI=1S/C12H21NO4S/c1-3-5-10(2)9-18(15,16)13-11(8-14)12-6-4-7-17-12/h4,6-7,10-11,13-14H,3,5,8-9H2,1-2H3. The second-order valence-corrected chi connectivity index (χ2v) is 6.34. The molecular formula is C12H21NO4S. The summed E-state index contributed by atoms with van der Waals surface area (Å²) in [6, 6.07) is 2.59. The molecule has 1 heterocycles. The van der Waals surface area contributed by atoms with Gasteiger partial charge in [0.25, 0.3) is 0 Å². The van der Waals surface area contributed by atoms with Crippen molar-refractivity contribution in [1.29, 1.82) is 0 Å². The first-order valence-electron chi connectivity index (χ1n) is 6.12. The summed E-state index contributed by atoms with van der Waals surface area (Å²) in [6.45, 7) is 3.61. The molecule has 2 N–H and O–H groups in total. The third-order valence-corrected chi connectivity index (χ3v) is 4.33. The number of aliphatic hydroxyl groups excluding tert-OH is 1. The van der Waals surface area contributed by atoms with Gasteiger partial charge in [-0.25, -0.2) is 13.1 Å². The molecule has 0 saturated heterocycles. The highest BCUT2D eigenvalue weighted by Crippen LogP contribution is 2.15. The molecule has 0 aromatic carbocycles. The Kier molecular flexibility index (Phi) is 5.84. The molecule has 0 bridgehead atoms. The van der Waals surface area contributed by atoms with Gasteiger partial charge in [-0.15, -0.1) is 0 Å².